The second-order valence-corrected chi connectivity index (χ2v) is 10.5. The van der Waals surface area contributed by atoms with Gasteiger partial charge in [0.2, 0.25) is 11.8 Å². The third-order valence-electron chi connectivity index (χ3n) is 5.45. The van der Waals surface area contributed by atoms with Crippen molar-refractivity contribution < 1.29 is 9.59 Å². The molecule has 1 N–H and O–H groups in total. The molecule has 1 unspecified atom stereocenters. The summed E-state index contributed by atoms with van der Waals surface area (Å²) in [4.78, 5) is 29.7. The third kappa shape index (κ3) is 8.31. The minimum Gasteiger partial charge on any atom is -0.354 e. The molecule has 0 saturated heterocycles. The first-order valence-electron chi connectivity index (χ1n) is 11.6. The van der Waals surface area contributed by atoms with E-state index >= 15 is 0 Å². The average molecular weight is 530 g/mol. The number of amides is 2. The molecule has 0 heterocycles. The maximum atomic E-state index is 13.7. The van der Waals surface area contributed by atoms with Crippen LogP contribution in [0.25, 0.3) is 0 Å². The molecular formula is C28H30Cl2N2O2S. The van der Waals surface area contributed by atoms with Crippen molar-refractivity contribution in [2.75, 3.05) is 12.3 Å². The molecule has 7 heteroatoms. The summed E-state index contributed by atoms with van der Waals surface area (Å²) in [5.74, 6) is 0.126. The van der Waals surface area contributed by atoms with Crippen LogP contribution in [0.15, 0.2) is 83.8 Å². The highest BCUT2D eigenvalue weighted by molar-refractivity contribution is 8.00. The second-order valence-electron chi connectivity index (χ2n) is 8.67. The summed E-state index contributed by atoms with van der Waals surface area (Å²) in [5, 5.41) is 3.95. The Morgan fingerprint density at radius 2 is 1.49 bits per heavy atom. The molecule has 35 heavy (non-hydrogen) atoms. The molecular weight excluding hydrogens is 499 g/mol. The molecule has 0 aromatic heterocycles. The van der Waals surface area contributed by atoms with E-state index in [2.05, 4.69) is 5.32 Å². The summed E-state index contributed by atoms with van der Waals surface area (Å²) in [6.07, 6.45) is 0.384. The van der Waals surface area contributed by atoms with Crippen molar-refractivity contribution in [1.82, 2.24) is 10.2 Å². The van der Waals surface area contributed by atoms with E-state index in [4.69, 9.17) is 23.2 Å². The lowest BCUT2D eigenvalue weighted by Gasteiger charge is -2.32. The van der Waals surface area contributed by atoms with Gasteiger partial charge in [0.25, 0.3) is 0 Å². The maximum Gasteiger partial charge on any atom is 0.243 e. The van der Waals surface area contributed by atoms with Crippen LogP contribution in [0, 0.1) is 5.92 Å². The number of rotatable bonds is 11. The van der Waals surface area contributed by atoms with Gasteiger partial charge in [-0.25, -0.2) is 0 Å². The number of carbonyl (C=O) groups is 2. The van der Waals surface area contributed by atoms with Gasteiger partial charge in [-0.15, -0.1) is 11.8 Å². The van der Waals surface area contributed by atoms with Gasteiger partial charge in [-0.2, -0.15) is 0 Å². The molecule has 0 radical (unpaired) electrons. The zero-order valence-corrected chi connectivity index (χ0v) is 22.2. The van der Waals surface area contributed by atoms with E-state index in [-0.39, 0.29) is 30.0 Å². The van der Waals surface area contributed by atoms with E-state index in [1.807, 2.05) is 74.5 Å². The topological polar surface area (TPSA) is 49.4 Å². The predicted octanol–water partition coefficient (Wildman–Crippen LogP) is 6.50. The lowest BCUT2D eigenvalue weighted by atomic mass is 10.0. The molecule has 0 saturated carbocycles. The molecule has 2 amide bonds. The summed E-state index contributed by atoms with van der Waals surface area (Å²) in [6.45, 7) is 4.74. The number of thioether (sulfide) groups is 1. The Bertz CT molecular complexity index is 1090. The average Bonchev–Trinajstić information content (AvgIpc) is 2.86. The largest absolute Gasteiger partial charge is 0.354 e. The molecule has 0 aliphatic heterocycles. The molecule has 0 bridgehead atoms. The molecule has 1 atom stereocenters. The Morgan fingerprint density at radius 1 is 0.886 bits per heavy atom. The van der Waals surface area contributed by atoms with Crippen molar-refractivity contribution in [3.05, 3.63) is 100 Å². The second kappa shape index (κ2) is 13.6. The number of nitrogens with zero attached hydrogens (tertiary/aromatic N) is 1. The Labute approximate surface area is 222 Å². The summed E-state index contributed by atoms with van der Waals surface area (Å²) >= 11 is 14.4. The molecule has 0 aliphatic carbocycles. The van der Waals surface area contributed by atoms with Crippen molar-refractivity contribution in [2.24, 2.45) is 5.92 Å². The number of benzene rings is 3. The van der Waals surface area contributed by atoms with Crippen LogP contribution in [0.2, 0.25) is 10.0 Å². The predicted molar refractivity (Wildman–Crippen MR) is 146 cm³/mol. The highest BCUT2D eigenvalue weighted by atomic mass is 35.5. The lowest BCUT2D eigenvalue weighted by Crippen LogP contribution is -2.51. The standard InChI is InChI=1S/C28H30Cl2N2O2S/c1-20(2)17-31-28(34)26(16-21-10-5-3-6-11-21)32(18-23-24(29)14-9-15-25(23)30)27(33)19-35-22-12-7-4-8-13-22/h3-15,20,26H,16-19H2,1-2H3,(H,31,34). The van der Waals surface area contributed by atoms with Crippen LogP contribution in [0.5, 0.6) is 0 Å². The molecule has 0 spiro atoms. The van der Waals surface area contributed by atoms with Gasteiger partial charge in [0.05, 0.1) is 5.75 Å². The zero-order valence-electron chi connectivity index (χ0n) is 19.9. The summed E-state index contributed by atoms with van der Waals surface area (Å²) in [7, 11) is 0. The van der Waals surface area contributed by atoms with Gasteiger partial charge in [0.15, 0.2) is 0 Å². The fourth-order valence-electron chi connectivity index (χ4n) is 3.57. The highest BCUT2D eigenvalue weighted by Gasteiger charge is 2.31. The fraction of sp³-hybridized carbons (Fsp3) is 0.286. The van der Waals surface area contributed by atoms with Crippen molar-refractivity contribution in [3.63, 3.8) is 0 Å². The van der Waals surface area contributed by atoms with Crippen molar-refractivity contribution in [1.29, 1.82) is 0 Å². The van der Waals surface area contributed by atoms with Gasteiger partial charge >= 0.3 is 0 Å². The third-order valence-corrected chi connectivity index (χ3v) is 7.16. The molecule has 0 fully saturated rings. The minimum atomic E-state index is -0.715. The molecule has 3 aromatic rings. The van der Waals surface area contributed by atoms with E-state index in [0.717, 1.165) is 10.5 Å². The lowest BCUT2D eigenvalue weighted by molar-refractivity contribution is -0.139. The Morgan fingerprint density at radius 3 is 2.09 bits per heavy atom. The quantitative estimate of drug-likeness (QED) is 0.289. The van der Waals surface area contributed by atoms with E-state index in [9.17, 15) is 9.59 Å². The number of carbonyl (C=O) groups excluding carboxylic acids is 2. The highest BCUT2D eigenvalue weighted by Crippen LogP contribution is 2.28. The monoisotopic (exact) mass is 528 g/mol. The number of nitrogens with one attached hydrogen (secondary N) is 1. The molecule has 4 nitrogen and oxygen atoms in total. The molecule has 3 aromatic carbocycles. The smallest absolute Gasteiger partial charge is 0.243 e. The number of hydrogen-bond donors (Lipinski definition) is 1. The van der Waals surface area contributed by atoms with E-state index in [1.54, 1.807) is 23.1 Å². The Balaban J connectivity index is 1.94. The number of halogens is 2. The van der Waals surface area contributed by atoms with Gasteiger partial charge in [0.1, 0.15) is 6.04 Å². The van der Waals surface area contributed by atoms with Gasteiger partial charge in [0, 0.05) is 40.0 Å². The van der Waals surface area contributed by atoms with Gasteiger partial charge in [-0.05, 0) is 35.7 Å². The minimum absolute atomic E-state index is 0.138. The van der Waals surface area contributed by atoms with E-state index in [1.165, 1.54) is 11.8 Å². The van der Waals surface area contributed by atoms with Crippen molar-refractivity contribution in [2.45, 2.75) is 37.8 Å². The Hall–Kier alpha value is -2.47. The molecule has 184 valence electrons. The van der Waals surface area contributed by atoms with Crippen LogP contribution < -0.4 is 5.32 Å². The van der Waals surface area contributed by atoms with Gasteiger partial charge in [-0.3, -0.25) is 9.59 Å². The van der Waals surface area contributed by atoms with Crippen LogP contribution in [0.3, 0.4) is 0 Å². The first kappa shape index (κ1) is 27.1. The Kier molecular flexibility index (Phi) is 10.5. The van der Waals surface area contributed by atoms with Crippen molar-refractivity contribution >= 4 is 46.8 Å². The van der Waals surface area contributed by atoms with Gasteiger partial charge in [-0.1, -0.05) is 91.6 Å². The zero-order chi connectivity index (χ0) is 25.2. The first-order chi connectivity index (χ1) is 16.8. The SMILES string of the molecule is CC(C)CNC(=O)C(Cc1ccccc1)N(Cc1c(Cl)cccc1Cl)C(=O)CSc1ccccc1. The number of hydrogen-bond acceptors (Lipinski definition) is 3. The van der Waals surface area contributed by atoms with Crippen LogP contribution in [0.1, 0.15) is 25.0 Å². The molecule has 3 rings (SSSR count). The van der Waals surface area contributed by atoms with E-state index < -0.39 is 6.04 Å². The van der Waals surface area contributed by atoms with Crippen LogP contribution in [-0.4, -0.2) is 35.1 Å². The summed E-state index contributed by atoms with van der Waals surface area (Å²) < 4.78 is 0. The summed E-state index contributed by atoms with van der Waals surface area (Å²) in [6, 6.07) is 24.0. The molecule has 0 aliphatic rings. The van der Waals surface area contributed by atoms with Gasteiger partial charge < -0.3 is 10.2 Å². The first-order valence-corrected chi connectivity index (χ1v) is 13.3. The van der Waals surface area contributed by atoms with E-state index in [0.29, 0.717) is 28.6 Å². The summed E-state index contributed by atoms with van der Waals surface area (Å²) in [5.41, 5.74) is 1.60. The fourth-order valence-corrected chi connectivity index (χ4v) is 4.90. The van der Waals surface area contributed by atoms with Crippen LogP contribution in [0.4, 0.5) is 0 Å². The van der Waals surface area contributed by atoms with Crippen LogP contribution >= 0.6 is 35.0 Å². The van der Waals surface area contributed by atoms with Crippen LogP contribution in [-0.2, 0) is 22.6 Å². The maximum absolute atomic E-state index is 13.7. The van der Waals surface area contributed by atoms with Crippen molar-refractivity contribution in [3.8, 4) is 0 Å². The normalized spacial score (nSPS) is 11.8.